The topological polar surface area (TPSA) is 140 Å². The van der Waals surface area contributed by atoms with Crippen molar-refractivity contribution in [3.63, 3.8) is 0 Å². The summed E-state index contributed by atoms with van der Waals surface area (Å²) in [5.41, 5.74) is 11.5. The van der Waals surface area contributed by atoms with Gasteiger partial charge in [0, 0.05) is 18.3 Å². The van der Waals surface area contributed by atoms with Crippen LogP contribution in [-0.4, -0.2) is 44.0 Å². The maximum atomic E-state index is 13.2. The molecule has 3 aromatic carbocycles. The Balaban J connectivity index is 1.46. The zero-order chi connectivity index (χ0) is 25.1. The summed E-state index contributed by atoms with van der Waals surface area (Å²) in [6.45, 7) is 2.11. The molecular weight excluding hydrogens is 458 g/mol. The number of nitrogens with two attached hydrogens (primary N) is 1. The first-order valence-electron chi connectivity index (χ1n) is 11.1. The lowest BCUT2D eigenvalue weighted by Gasteiger charge is -2.19. The van der Waals surface area contributed by atoms with E-state index in [0.29, 0.717) is 11.4 Å². The number of nitrogens with one attached hydrogen (secondary N) is 1. The fourth-order valence-electron chi connectivity index (χ4n) is 3.91. The van der Waals surface area contributed by atoms with Crippen molar-refractivity contribution in [2.45, 2.75) is 13.5 Å². The van der Waals surface area contributed by atoms with Crippen molar-refractivity contribution in [3.05, 3.63) is 89.7 Å². The van der Waals surface area contributed by atoms with E-state index in [1.807, 2.05) is 91.7 Å². The summed E-state index contributed by atoms with van der Waals surface area (Å²) in [4.78, 5) is 15.2. The second kappa shape index (κ2) is 9.66. The van der Waals surface area contributed by atoms with E-state index in [1.165, 1.54) is 4.68 Å². The second-order valence-corrected chi connectivity index (χ2v) is 8.13. The van der Waals surface area contributed by atoms with Crippen molar-refractivity contribution in [3.8, 4) is 5.82 Å². The second-order valence-electron chi connectivity index (χ2n) is 8.13. The summed E-state index contributed by atoms with van der Waals surface area (Å²) < 4.78 is 6.08. The monoisotopic (exact) mass is 481 g/mol. The lowest BCUT2D eigenvalue weighted by Crippen LogP contribution is -2.25. The van der Waals surface area contributed by atoms with E-state index in [2.05, 4.69) is 31.2 Å². The summed E-state index contributed by atoms with van der Waals surface area (Å²) >= 11 is 0. The molecule has 0 spiro atoms. The Hall–Kier alpha value is -5.06. The third-order valence-electron chi connectivity index (χ3n) is 5.76. The number of aromatic nitrogens is 5. The molecule has 0 bridgehead atoms. The molecule has 0 aliphatic rings. The van der Waals surface area contributed by atoms with Gasteiger partial charge in [-0.15, -0.1) is 5.10 Å². The summed E-state index contributed by atoms with van der Waals surface area (Å²) in [6, 6.07) is 23.7. The van der Waals surface area contributed by atoms with Gasteiger partial charge in [0.2, 0.25) is 11.6 Å². The van der Waals surface area contributed by atoms with Crippen LogP contribution in [0, 0.1) is 0 Å². The maximum Gasteiger partial charge on any atom is 0.293 e. The van der Waals surface area contributed by atoms with Gasteiger partial charge in [0.15, 0.2) is 5.69 Å². The Morgan fingerprint density at radius 2 is 1.81 bits per heavy atom. The largest absolute Gasteiger partial charge is 0.378 e. The van der Waals surface area contributed by atoms with Crippen molar-refractivity contribution in [2.75, 3.05) is 17.7 Å². The van der Waals surface area contributed by atoms with Crippen LogP contribution in [0.3, 0.4) is 0 Å². The first-order chi connectivity index (χ1) is 17.5. The molecule has 0 saturated heterocycles. The maximum absolute atomic E-state index is 13.2. The molecule has 0 aliphatic heterocycles. The van der Waals surface area contributed by atoms with Crippen molar-refractivity contribution < 1.29 is 9.42 Å². The van der Waals surface area contributed by atoms with Gasteiger partial charge in [-0.05, 0) is 40.1 Å². The molecule has 0 saturated carbocycles. The van der Waals surface area contributed by atoms with Crippen LogP contribution >= 0.6 is 0 Å². The van der Waals surface area contributed by atoms with E-state index >= 15 is 0 Å². The smallest absolute Gasteiger partial charge is 0.293 e. The lowest BCUT2D eigenvalue weighted by atomic mass is 10.0. The minimum Gasteiger partial charge on any atom is -0.378 e. The summed E-state index contributed by atoms with van der Waals surface area (Å²) in [5, 5.41) is 22.1. The number of carbonyl (C=O) groups excluding carboxylic acids is 1. The van der Waals surface area contributed by atoms with Crippen LogP contribution < -0.4 is 16.1 Å². The molecule has 5 aromatic rings. The number of amides is 1. The molecule has 11 nitrogen and oxygen atoms in total. The Kier molecular flexibility index (Phi) is 6.10. The van der Waals surface area contributed by atoms with Crippen LogP contribution in [0.1, 0.15) is 28.7 Å². The van der Waals surface area contributed by atoms with E-state index in [0.717, 1.165) is 22.0 Å². The van der Waals surface area contributed by atoms with Gasteiger partial charge in [0.05, 0.1) is 18.0 Å². The molecular formula is C25H23N9O2. The molecule has 0 atom stereocenters. The Bertz CT molecular complexity index is 1550. The first kappa shape index (κ1) is 22.7. The first-order valence-corrected chi connectivity index (χ1v) is 11.1. The van der Waals surface area contributed by atoms with Crippen LogP contribution in [-0.2, 0) is 6.54 Å². The number of nitrogens with zero attached hydrogens (tertiary/aromatic N) is 7. The lowest BCUT2D eigenvalue weighted by molar-refractivity contribution is 0.0948. The van der Waals surface area contributed by atoms with Crippen molar-refractivity contribution in [1.82, 2.24) is 30.7 Å². The van der Waals surface area contributed by atoms with Gasteiger partial charge in [-0.3, -0.25) is 4.79 Å². The van der Waals surface area contributed by atoms with E-state index in [4.69, 9.17) is 10.4 Å². The van der Waals surface area contributed by atoms with Gasteiger partial charge in [0.1, 0.15) is 0 Å². The number of para-hydroxylation sites is 1. The number of anilines is 2. The summed E-state index contributed by atoms with van der Waals surface area (Å²) in [6.07, 6.45) is 0. The highest BCUT2D eigenvalue weighted by Crippen LogP contribution is 2.21. The average Bonchev–Trinajstić information content (AvgIpc) is 3.52. The minimum absolute atomic E-state index is 0.0280. The zero-order valence-corrected chi connectivity index (χ0v) is 19.7. The molecule has 36 heavy (non-hydrogen) atoms. The highest BCUT2D eigenvalue weighted by atomic mass is 16.6. The molecule has 2 aromatic heterocycles. The van der Waals surface area contributed by atoms with Gasteiger partial charge in [-0.1, -0.05) is 65.9 Å². The number of rotatable bonds is 7. The number of carbonyl (C=O) groups is 1. The molecule has 1 amide bonds. The number of nitrogen functional groups attached to an aromatic ring is 1. The van der Waals surface area contributed by atoms with E-state index in [-0.39, 0.29) is 23.9 Å². The Morgan fingerprint density at radius 3 is 2.58 bits per heavy atom. The molecule has 11 heteroatoms. The van der Waals surface area contributed by atoms with Gasteiger partial charge in [-0.2, -0.15) is 9.78 Å². The third-order valence-corrected chi connectivity index (χ3v) is 5.76. The number of hydrogen-bond acceptors (Lipinski definition) is 9. The number of benzene rings is 3. The molecule has 2 heterocycles. The zero-order valence-electron chi connectivity index (χ0n) is 19.7. The predicted molar refractivity (Wildman–Crippen MR) is 136 cm³/mol. The van der Waals surface area contributed by atoms with Gasteiger partial charge in [-0.25, -0.2) is 10.1 Å². The molecule has 180 valence electrons. The summed E-state index contributed by atoms with van der Waals surface area (Å²) in [5.74, 6) is -0.346. The van der Waals surface area contributed by atoms with Gasteiger partial charge < -0.3 is 10.6 Å². The third kappa shape index (κ3) is 4.37. The van der Waals surface area contributed by atoms with E-state index in [1.54, 1.807) is 0 Å². The van der Waals surface area contributed by atoms with Crippen LogP contribution in [0.4, 0.5) is 11.5 Å². The van der Waals surface area contributed by atoms with Crippen molar-refractivity contribution in [1.29, 1.82) is 0 Å². The highest BCUT2D eigenvalue weighted by Gasteiger charge is 2.25. The van der Waals surface area contributed by atoms with Gasteiger partial charge in [0.25, 0.3) is 5.91 Å². The molecule has 0 radical (unpaired) electrons. The molecule has 3 N–H and O–H groups in total. The predicted octanol–water partition coefficient (Wildman–Crippen LogP) is 3.18. The number of fused-ring (bicyclic) bond motifs is 1. The number of hydrogen-bond donors (Lipinski definition) is 2. The highest BCUT2D eigenvalue weighted by molar-refractivity contribution is 6.10. The van der Waals surface area contributed by atoms with Crippen LogP contribution in [0.2, 0.25) is 0 Å². The van der Waals surface area contributed by atoms with E-state index in [9.17, 15) is 4.79 Å². The number of hydrazone groups is 1. The van der Waals surface area contributed by atoms with Crippen LogP contribution in [0.25, 0.3) is 16.6 Å². The molecule has 0 fully saturated rings. The summed E-state index contributed by atoms with van der Waals surface area (Å²) in [7, 11) is 1.89. The fraction of sp³-hybridized carbons (Fsp3) is 0.120. The minimum atomic E-state index is -0.521. The van der Waals surface area contributed by atoms with Gasteiger partial charge >= 0.3 is 0 Å². The normalized spacial score (nSPS) is 11.6. The van der Waals surface area contributed by atoms with Crippen molar-refractivity contribution in [2.24, 2.45) is 5.10 Å². The van der Waals surface area contributed by atoms with Crippen LogP contribution in [0.15, 0.2) is 82.5 Å². The molecule has 0 unspecified atom stereocenters. The SMILES string of the molecule is CC(=NNC(=O)c1nnn(-c2nonc2N)c1CN(C)c1ccccc1)c1cccc2ccccc12. The molecule has 5 rings (SSSR count). The van der Waals surface area contributed by atoms with E-state index < -0.39 is 5.91 Å². The van der Waals surface area contributed by atoms with Crippen molar-refractivity contribution >= 4 is 33.9 Å². The average molecular weight is 482 g/mol. The Morgan fingerprint density at radius 1 is 1.06 bits per heavy atom. The standard InChI is InChI=1S/C25H23N9O2/c1-16(19-14-8-10-17-9-6-7-13-20(17)19)27-29-25(35)22-21(15-33(2)18-11-4-3-5-12-18)34(32-28-22)24-23(26)30-36-31-24/h3-14H,15H2,1-2H3,(H2,26,30)(H,29,35). The van der Waals surface area contributed by atoms with Crippen LogP contribution in [0.5, 0.6) is 0 Å². The molecule has 0 aliphatic carbocycles. The Labute approximate surface area is 206 Å². The quantitative estimate of drug-likeness (QED) is 0.267. The fourth-order valence-corrected chi connectivity index (χ4v) is 3.91.